The average Bonchev–Trinajstić information content (AvgIpc) is 2.17. The predicted octanol–water partition coefficient (Wildman–Crippen LogP) is 1.09. The highest BCUT2D eigenvalue weighted by atomic mass is 16.3. The van der Waals surface area contributed by atoms with Crippen LogP contribution in [0.4, 0.5) is 11.5 Å². The minimum Gasteiger partial charge on any atom is -0.397 e. The van der Waals surface area contributed by atoms with Gasteiger partial charge in [-0.1, -0.05) is 6.92 Å². The number of nitrogens with one attached hydrogen (secondary N) is 1. The molecule has 0 fully saturated rings. The lowest BCUT2D eigenvalue weighted by molar-refractivity contribution is 0.266. The summed E-state index contributed by atoms with van der Waals surface area (Å²) in [6, 6.07) is 3.66. The highest BCUT2D eigenvalue weighted by Gasteiger charge is 2.00. The second kappa shape index (κ2) is 5.44. The van der Waals surface area contributed by atoms with Crippen LogP contribution in [-0.4, -0.2) is 23.2 Å². The van der Waals surface area contributed by atoms with E-state index in [0.29, 0.717) is 11.6 Å². The van der Waals surface area contributed by atoms with Crippen molar-refractivity contribution in [1.82, 2.24) is 4.98 Å². The minimum absolute atomic E-state index is 0.234. The third kappa shape index (κ3) is 3.62. The van der Waals surface area contributed by atoms with E-state index in [1.54, 1.807) is 6.20 Å². The van der Waals surface area contributed by atoms with Crippen LogP contribution in [-0.2, 0) is 0 Å². The Bertz CT molecular complexity index is 261. The summed E-state index contributed by atoms with van der Waals surface area (Å²) in [5, 5.41) is 11.9. The zero-order valence-corrected chi connectivity index (χ0v) is 8.40. The lowest BCUT2D eigenvalue weighted by Crippen LogP contribution is -2.13. The van der Waals surface area contributed by atoms with Gasteiger partial charge in [-0.15, -0.1) is 0 Å². The molecule has 1 heterocycles. The molecule has 0 aliphatic carbocycles. The molecule has 4 heteroatoms. The first-order chi connectivity index (χ1) is 6.72. The lowest BCUT2D eigenvalue weighted by atomic mass is 10.1. The first-order valence-corrected chi connectivity index (χ1v) is 4.78. The van der Waals surface area contributed by atoms with Gasteiger partial charge in [0.05, 0.1) is 11.9 Å². The van der Waals surface area contributed by atoms with Crippen molar-refractivity contribution < 1.29 is 5.11 Å². The zero-order chi connectivity index (χ0) is 10.4. The van der Waals surface area contributed by atoms with E-state index in [1.165, 1.54) is 0 Å². The van der Waals surface area contributed by atoms with Crippen molar-refractivity contribution >= 4 is 11.5 Å². The number of nitrogens with two attached hydrogens (primary N) is 1. The van der Waals surface area contributed by atoms with Gasteiger partial charge in [0.15, 0.2) is 0 Å². The van der Waals surface area contributed by atoms with Crippen molar-refractivity contribution in [1.29, 1.82) is 0 Å². The van der Waals surface area contributed by atoms with E-state index >= 15 is 0 Å². The Morgan fingerprint density at radius 3 is 2.93 bits per heavy atom. The van der Waals surface area contributed by atoms with Crippen LogP contribution in [0.15, 0.2) is 18.3 Å². The smallest absolute Gasteiger partial charge is 0.126 e. The van der Waals surface area contributed by atoms with Gasteiger partial charge in [-0.3, -0.25) is 0 Å². The number of aliphatic hydroxyl groups is 1. The maximum atomic E-state index is 8.71. The number of anilines is 2. The number of nitrogens with zero attached hydrogens (tertiary/aromatic N) is 1. The highest BCUT2D eigenvalue weighted by Crippen LogP contribution is 2.07. The van der Waals surface area contributed by atoms with Gasteiger partial charge in [-0.05, 0) is 24.5 Å². The van der Waals surface area contributed by atoms with Gasteiger partial charge in [-0.25, -0.2) is 4.98 Å². The summed E-state index contributed by atoms with van der Waals surface area (Å²) in [6.07, 6.45) is 2.43. The summed E-state index contributed by atoms with van der Waals surface area (Å²) >= 11 is 0. The van der Waals surface area contributed by atoms with Crippen LogP contribution in [0.5, 0.6) is 0 Å². The molecule has 0 aromatic carbocycles. The van der Waals surface area contributed by atoms with E-state index in [0.717, 1.165) is 18.8 Å². The summed E-state index contributed by atoms with van der Waals surface area (Å²) in [5.74, 6) is 1.27. The van der Waals surface area contributed by atoms with E-state index in [4.69, 9.17) is 10.8 Å². The number of aliphatic hydroxyl groups excluding tert-OH is 1. The lowest BCUT2D eigenvalue weighted by Gasteiger charge is -2.11. The largest absolute Gasteiger partial charge is 0.397 e. The van der Waals surface area contributed by atoms with Gasteiger partial charge in [0.25, 0.3) is 0 Å². The molecule has 78 valence electrons. The fourth-order valence-corrected chi connectivity index (χ4v) is 1.11. The average molecular weight is 195 g/mol. The molecule has 14 heavy (non-hydrogen) atoms. The summed E-state index contributed by atoms with van der Waals surface area (Å²) in [6.45, 7) is 3.13. The molecular weight excluding hydrogens is 178 g/mol. The molecule has 4 nitrogen and oxygen atoms in total. The van der Waals surface area contributed by atoms with Gasteiger partial charge in [0, 0.05) is 13.2 Å². The Hall–Kier alpha value is -1.29. The van der Waals surface area contributed by atoms with Gasteiger partial charge >= 0.3 is 0 Å². The fraction of sp³-hybridized carbons (Fsp3) is 0.500. The highest BCUT2D eigenvalue weighted by molar-refractivity contribution is 5.43. The van der Waals surface area contributed by atoms with Gasteiger partial charge in [-0.2, -0.15) is 0 Å². The first kappa shape index (κ1) is 10.8. The van der Waals surface area contributed by atoms with Crippen molar-refractivity contribution in [2.75, 3.05) is 24.2 Å². The standard InChI is InChI=1S/C10H17N3O/c1-8(4-5-14)6-12-10-3-2-9(11)7-13-10/h2-3,7-8,14H,4-6,11H2,1H3,(H,12,13). The maximum absolute atomic E-state index is 8.71. The third-order valence-electron chi connectivity index (χ3n) is 2.04. The first-order valence-electron chi connectivity index (χ1n) is 4.78. The Balaban J connectivity index is 2.34. The third-order valence-corrected chi connectivity index (χ3v) is 2.04. The molecule has 0 amide bonds. The quantitative estimate of drug-likeness (QED) is 0.657. The van der Waals surface area contributed by atoms with Gasteiger partial charge in [0.2, 0.25) is 0 Å². The Morgan fingerprint density at radius 1 is 1.57 bits per heavy atom. The predicted molar refractivity (Wildman–Crippen MR) is 58.0 cm³/mol. The van der Waals surface area contributed by atoms with E-state index in [-0.39, 0.29) is 6.61 Å². The molecule has 0 spiro atoms. The molecule has 0 aliphatic rings. The Kier molecular flexibility index (Phi) is 4.19. The van der Waals surface area contributed by atoms with Crippen LogP contribution in [0.2, 0.25) is 0 Å². The van der Waals surface area contributed by atoms with Crippen LogP contribution < -0.4 is 11.1 Å². The fourth-order valence-electron chi connectivity index (χ4n) is 1.11. The van der Waals surface area contributed by atoms with Gasteiger partial charge in [0.1, 0.15) is 5.82 Å². The molecule has 1 unspecified atom stereocenters. The second-order valence-electron chi connectivity index (χ2n) is 3.48. The summed E-state index contributed by atoms with van der Waals surface area (Å²) in [7, 11) is 0. The van der Waals surface area contributed by atoms with Gasteiger partial charge < -0.3 is 16.2 Å². The number of aromatic nitrogens is 1. The zero-order valence-electron chi connectivity index (χ0n) is 8.40. The molecule has 1 aromatic heterocycles. The monoisotopic (exact) mass is 195 g/mol. The van der Waals surface area contributed by atoms with E-state index in [2.05, 4.69) is 17.2 Å². The second-order valence-corrected chi connectivity index (χ2v) is 3.48. The summed E-state index contributed by atoms with van der Waals surface area (Å²) < 4.78 is 0. The molecule has 4 N–H and O–H groups in total. The van der Waals surface area contributed by atoms with Crippen LogP contribution in [0, 0.1) is 5.92 Å². The Morgan fingerprint density at radius 2 is 2.36 bits per heavy atom. The van der Waals surface area contributed by atoms with Crippen molar-refractivity contribution in [3.8, 4) is 0 Å². The molecular formula is C10H17N3O. The molecule has 1 atom stereocenters. The van der Waals surface area contributed by atoms with Crippen molar-refractivity contribution in [3.05, 3.63) is 18.3 Å². The maximum Gasteiger partial charge on any atom is 0.126 e. The molecule has 0 saturated heterocycles. The van der Waals surface area contributed by atoms with Crippen LogP contribution >= 0.6 is 0 Å². The molecule has 1 aromatic rings. The minimum atomic E-state index is 0.234. The number of hydrogen-bond acceptors (Lipinski definition) is 4. The van der Waals surface area contributed by atoms with E-state index in [9.17, 15) is 0 Å². The van der Waals surface area contributed by atoms with Crippen molar-refractivity contribution in [2.45, 2.75) is 13.3 Å². The molecule has 0 radical (unpaired) electrons. The summed E-state index contributed by atoms with van der Waals surface area (Å²) in [5.41, 5.74) is 6.17. The summed E-state index contributed by atoms with van der Waals surface area (Å²) in [4.78, 5) is 4.11. The van der Waals surface area contributed by atoms with Crippen LogP contribution in [0.3, 0.4) is 0 Å². The number of rotatable bonds is 5. The number of pyridine rings is 1. The number of hydrogen-bond donors (Lipinski definition) is 3. The van der Waals surface area contributed by atoms with Crippen LogP contribution in [0.1, 0.15) is 13.3 Å². The SMILES string of the molecule is CC(CCO)CNc1ccc(N)cn1. The van der Waals surface area contributed by atoms with Crippen molar-refractivity contribution in [3.63, 3.8) is 0 Å². The molecule has 1 rings (SSSR count). The number of nitrogen functional groups attached to an aromatic ring is 1. The molecule has 0 aliphatic heterocycles. The van der Waals surface area contributed by atoms with Crippen LogP contribution in [0.25, 0.3) is 0 Å². The normalized spacial score (nSPS) is 12.4. The molecule has 0 bridgehead atoms. The van der Waals surface area contributed by atoms with Crippen molar-refractivity contribution in [2.24, 2.45) is 5.92 Å². The van der Waals surface area contributed by atoms with E-state index in [1.807, 2.05) is 12.1 Å². The van der Waals surface area contributed by atoms with E-state index < -0.39 is 0 Å². The Labute approximate surface area is 84.2 Å². The molecule has 0 saturated carbocycles. The topological polar surface area (TPSA) is 71.2 Å².